The second-order valence-electron chi connectivity index (χ2n) is 4.15. The zero-order valence-electron chi connectivity index (χ0n) is 10.8. The average Bonchev–Trinajstić information content (AvgIpc) is 2.43. The first kappa shape index (κ1) is 14.7. The van der Waals surface area contributed by atoms with Gasteiger partial charge in [-0.05, 0) is 18.2 Å². The molecule has 0 spiro atoms. The van der Waals surface area contributed by atoms with Gasteiger partial charge in [0.1, 0.15) is 6.61 Å². The van der Waals surface area contributed by atoms with Gasteiger partial charge < -0.3 is 14.4 Å². The summed E-state index contributed by atoms with van der Waals surface area (Å²) in [4.78, 5) is 22.1. The number of aromatic nitrogens is 1. The van der Waals surface area contributed by atoms with Crippen molar-refractivity contribution in [2.24, 2.45) is 0 Å². The van der Waals surface area contributed by atoms with Crippen molar-refractivity contribution in [1.29, 1.82) is 0 Å². The van der Waals surface area contributed by atoms with E-state index in [1.807, 2.05) is 0 Å². The van der Waals surface area contributed by atoms with Gasteiger partial charge in [0.15, 0.2) is 17.4 Å². The molecule has 2 rings (SSSR count). The van der Waals surface area contributed by atoms with Crippen LogP contribution in [0, 0.1) is 11.6 Å². The Morgan fingerprint density at radius 1 is 1.24 bits per heavy atom. The molecular weight excluding hydrogens is 284 g/mol. The Morgan fingerprint density at radius 3 is 2.48 bits per heavy atom. The van der Waals surface area contributed by atoms with E-state index in [1.54, 1.807) is 12.1 Å². The van der Waals surface area contributed by atoms with Crippen molar-refractivity contribution in [3.8, 4) is 5.75 Å². The van der Waals surface area contributed by atoms with Gasteiger partial charge in [-0.3, -0.25) is 4.79 Å². The molecule has 0 aliphatic carbocycles. The lowest BCUT2D eigenvalue weighted by atomic mass is 10.2. The lowest BCUT2D eigenvalue weighted by molar-refractivity contribution is 0.0695. The number of benzene rings is 1. The van der Waals surface area contributed by atoms with E-state index in [9.17, 15) is 18.4 Å². The van der Waals surface area contributed by atoms with E-state index in [4.69, 9.17) is 9.84 Å². The van der Waals surface area contributed by atoms with E-state index in [0.717, 1.165) is 0 Å². The normalized spacial score (nSPS) is 10.4. The molecule has 0 saturated heterocycles. The van der Waals surface area contributed by atoms with Crippen molar-refractivity contribution in [3.63, 3.8) is 0 Å². The number of hydrogen-bond donors (Lipinski definition) is 1. The van der Waals surface area contributed by atoms with E-state index >= 15 is 0 Å². The summed E-state index contributed by atoms with van der Waals surface area (Å²) < 4.78 is 33.4. The number of carboxylic acids is 1. The molecule has 0 radical (unpaired) electrons. The molecule has 1 heterocycles. The van der Waals surface area contributed by atoms with Gasteiger partial charge in [0, 0.05) is 12.3 Å². The minimum Gasteiger partial charge on any atom is -0.486 e. The van der Waals surface area contributed by atoms with Crippen LogP contribution in [0.2, 0.25) is 0 Å². The van der Waals surface area contributed by atoms with Gasteiger partial charge in [0.05, 0.1) is 12.1 Å². The molecule has 2 aromatic rings. The summed E-state index contributed by atoms with van der Waals surface area (Å²) in [5, 5.41) is 8.67. The van der Waals surface area contributed by atoms with Crippen molar-refractivity contribution in [1.82, 2.24) is 4.57 Å². The Balaban J connectivity index is 2.09. The molecule has 0 saturated carbocycles. The van der Waals surface area contributed by atoms with Crippen LogP contribution in [0.4, 0.5) is 8.78 Å². The SMILES string of the molecule is O=C(O)c1cc(F)c(OCCn2ccccc2=O)c(F)c1. The van der Waals surface area contributed by atoms with Crippen LogP contribution in [0.1, 0.15) is 10.4 Å². The standard InChI is InChI=1S/C14H11F2NO4/c15-10-7-9(14(19)20)8-11(16)13(10)21-6-5-17-4-2-1-3-12(17)18/h1-4,7-8H,5-6H2,(H,19,20). The highest BCUT2D eigenvalue weighted by atomic mass is 19.1. The minimum absolute atomic E-state index is 0.110. The van der Waals surface area contributed by atoms with Gasteiger partial charge in [0.2, 0.25) is 0 Å². The van der Waals surface area contributed by atoms with Gasteiger partial charge in [-0.15, -0.1) is 0 Å². The average molecular weight is 295 g/mol. The maximum absolute atomic E-state index is 13.6. The van der Waals surface area contributed by atoms with Crippen LogP contribution < -0.4 is 10.3 Å². The summed E-state index contributed by atoms with van der Waals surface area (Å²) in [6.07, 6.45) is 1.52. The van der Waals surface area contributed by atoms with Gasteiger partial charge in [-0.2, -0.15) is 0 Å². The number of aromatic carboxylic acids is 1. The maximum atomic E-state index is 13.6. The van der Waals surface area contributed by atoms with Crippen LogP contribution in [0.25, 0.3) is 0 Å². The lowest BCUT2D eigenvalue weighted by Gasteiger charge is -2.10. The fourth-order valence-corrected chi connectivity index (χ4v) is 1.71. The minimum atomic E-state index is -1.44. The number of halogens is 2. The third kappa shape index (κ3) is 3.44. The number of ether oxygens (including phenoxy) is 1. The third-order valence-electron chi connectivity index (χ3n) is 2.72. The summed E-state index contributed by atoms with van der Waals surface area (Å²) in [5.41, 5.74) is -0.764. The molecule has 0 aliphatic rings. The topological polar surface area (TPSA) is 68.5 Å². The quantitative estimate of drug-likeness (QED) is 0.914. The Bertz CT molecular complexity index is 704. The molecule has 1 N–H and O–H groups in total. The number of nitrogens with zero attached hydrogens (tertiary/aromatic N) is 1. The number of carboxylic acid groups (broad SMARTS) is 1. The highest BCUT2D eigenvalue weighted by Crippen LogP contribution is 2.23. The molecule has 5 nitrogen and oxygen atoms in total. The lowest BCUT2D eigenvalue weighted by Crippen LogP contribution is -2.21. The highest BCUT2D eigenvalue weighted by Gasteiger charge is 2.15. The van der Waals surface area contributed by atoms with Crippen LogP contribution in [-0.2, 0) is 6.54 Å². The third-order valence-corrected chi connectivity index (χ3v) is 2.72. The molecule has 0 unspecified atom stereocenters. The molecule has 7 heteroatoms. The predicted molar refractivity (Wildman–Crippen MR) is 69.5 cm³/mol. The number of hydrogen-bond acceptors (Lipinski definition) is 3. The molecule has 0 amide bonds. The fourth-order valence-electron chi connectivity index (χ4n) is 1.71. The van der Waals surface area contributed by atoms with Crippen LogP contribution in [0.15, 0.2) is 41.3 Å². The van der Waals surface area contributed by atoms with Gasteiger partial charge >= 0.3 is 5.97 Å². The Hall–Kier alpha value is -2.70. The molecule has 1 aromatic carbocycles. The first-order valence-corrected chi connectivity index (χ1v) is 5.99. The largest absolute Gasteiger partial charge is 0.486 e. The Labute approximate surface area is 118 Å². The second kappa shape index (κ2) is 6.17. The molecule has 110 valence electrons. The van der Waals surface area contributed by atoms with Crippen LogP contribution >= 0.6 is 0 Å². The molecule has 0 fully saturated rings. The molecular formula is C14H11F2NO4. The van der Waals surface area contributed by atoms with Gasteiger partial charge in [-0.1, -0.05) is 6.07 Å². The molecule has 0 bridgehead atoms. The summed E-state index contributed by atoms with van der Waals surface area (Å²) in [7, 11) is 0. The monoisotopic (exact) mass is 295 g/mol. The van der Waals surface area contributed by atoms with Crippen LogP contribution in [-0.4, -0.2) is 22.2 Å². The van der Waals surface area contributed by atoms with Crippen molar-refractivity contribution in [3.05, 3.63) is 64.1 Å². The van der Waals surface area contributed by atoms with Crippen molar-refractivity contribution >= 4 is 5.97 Å². The van der Waals surface area contributed by atoms with E-state index < -0.39 is 28.9 Å². The van der Waals surface area contributed by atoms with Gasteiger partial charge in [0.25, 0.3) is 5.56 Å². The predicted octanol–water partition coefficient (Wildman–Crippen LogP) is 1.90. The number of carbonyl (C=O) groups is 1. The Kier molecular flexibility index (Phi) is 4.32. The summed E-state index contributed by atoms with van der Waals surface area (Å²) in [6, 6.07) is 5.92. The zero-order valence-corrected chi connectivity index (χ0v) is 10.8. The van der Waals surface area contributed by atoms with Crippen molar-refractivity contribution in [2.75, 3.05) is 6.61 Å². The van der Waals surface area contributed by atoms with Gasteiger partial charge in [-0.25, -0.2) is 13.6 Å². The number of rotatable bonds is 5. The smallest absolute Gasteiger partial charge is 0.335 e. The van der Waals surface area contributed by atoms with E-state index in [-0.39, 0.29) is 18.7 Å². The van der Waals surface area contributed by atoms with Crippen molar-refractivity contribution < 1.29 is 23.4 Å². The first-order chi connectivity index (χ1) is 9.99. The van der Waals surface area contributed by atoms with E-state index in [0.29, 0.717) is 12.1 Å². The molecule has 0 aliphatic heterocycles. The van der Waals surface area contributed by atoms with Crippen LogP contribution in [0.3, 0.4) is 0 Å². The maximum Gasteiger partial charge on any atom is 0.335 e. The molecule has 0 atom stereocenters. The highest BCUT2D eigenvalue weighted by molar-refractivity contribution is 5.87. The summed E-state index contributed by atoms with van der Waals surface area (Å²) in [6.45, 7) is -0.0244. The molecule has 1 aromatic heterocycles. The van der Waals surface area contributed by atoms with E-state index in [1.165, 1.54) is 16.8 Å². The first-order valence-electron chi connectivity index (χ1n) is 5.99. The summed E-state index contributed by atoms with van der Waals surface area (Å²) >= 11 is 0. The zero-order chi connectivity index (χ0) is 15.4. The second-order valence-corrected chi connectivity index (χ2v) is 4.15. The molecule has 21 heavy (non-hydrogen) atoms. The van der Waals surface area contributed by atoms with E-state index in [2.05, 4.69) is 0 Å². The fraction of sp³-hybridized carbons (Fsp3) is 0.143. The van der Waals surface area contributed by atoms with Crippen LogP contribution in [0.5, 0.6) is 5.75 Å². The Morgan fingerprint density at radius 2 is 1.90 bits per heavy atom. The summed E-state index contributed by atoms with van der Waals surface area (Å²) in [5.74, 6) is -4.31. The number of pyridine rings is 1. The van der Waals surface area contributed by atoms with Crippen molar-refractivity contribution in [2.45, 2.75) is 6.54 Å².